The summed E-state index contributed by atoms with van der Waals surface area (Å²) in [6, 6.07) is 4.97. The molecule has 1 atom stereocenters. The Morgan fingerprint density at radius 1 is 1.44 bits per heavy atom. The van der Waals surface area contributed by atoms with Crippen molar-refractivity contribution in [1.29, 1.82) is 0 Å². The quantitative estimate of drug-likeness (QED) is 0.751. The standard InChI is InChI=1S/C20H25ClN2O3S/c1-20(2,3)17-12-27-19(23(17)11-14-6-5-9-26-14)22-18(24)15-10-13(21)7-8-16(15)25-4/h7-8,10,12,14H,5-6,9,11H2,1-4H3/b22-19-/t14-/m1/s1. The van der Waals surface area contributed by atoms with Crippen LogP contribution >= 0.6 is 22.9 Å². The van der Waals surface area contributed by atoms with Gasteiger partial charge in [-0.05, 0) is 31.0 Å². The molecule has 0 N–H and O–H groups in total. The van der Waals surface area contributed by atoms with Gasteiger partial charge in [0.2, 0.25) is 0 Å². The third-order valence-corrected chi connectivity index (χ3v) is 5.66. The number of carbonyl (C=O) groups is 1. The van der Waals surface area contributed by atoms with E-state index in [0.29, 0.717) is 27.7 Å². The van der Waals surface area contributed by atoms with Crippen LogP contribution in [-0.2, 0) is 16.7 Å². The maximum atomic E-state index is 12.9. The van der Waals surface area contributed by atoms with E-state index in [9.17, 15) is 4.79 Å². The fourth-order valence-corrected chi connectivity index (χ4v) is 4.48. The number of hydrogen-bond donors (Lipinski definition) is 0. The summed E-state index contributed by atoms with van der Waals surface area (Å²) in [5, 5.41) is 2.55. The van der Waals surface area contributed by atoms with E-state index in [1.54, 1.807) is 18.2 Å². The molecule has 0 spiro atoms. The molecule has 27 heavy (non-hydrogen) atoms. The van der Waals surface area contributed by atoms with Gasteiger partial charge in [-0.2, -0.15) is 4.99 Å². The molecule has 1 aliphatic rings. The highest BCUT2D eigenvalue weighted by Gasteiger charge is 2.24. The minimum atomic E-state index is -0.363. The van der Waals surface area contributed by atoms with E-state index in [1.807, 2.05) is 0 Å². The Kier molecular flexibility index (Phi) is 6.08. The van der Waals surface area contributed by atoms with Gasteiger partial charge in [-0.15, -0.1) is 11.3 Å². The molecule has 5 nitrogen and oxygen atoms in total. The molecule has 0 saturated carbocycles. The summed E-state index contributed by atoms with van der Waals surface area (Å²) in [6.45, 7) is 7.98. The van der Waals surface area contributed by atoms with Gasteiger partial charge < -0.3 is 14.0 Å². The Bertz CT molecular complexity index is 889. The van der Waals surface area contributed by atoms with Crippen LogP contribution in [0, 0.1) is 0 Å². The van der Waals surface area contributed by atoms with Crippen LogP contribution in [0.4, 0.5) is 0 Å². The van der Waals surface area contributed by atoms with Crippen LogP contribution < -0.4 is 9.54 Å². The molecule has 2 aromatic rings. The normalized spacial score (nSPS) is 18.1. The Labute approximate surface area is 168 Å². The number of aromatic nitrogens is 1. The third kappa shape index (κ3) is 4.62. The van der Waals surface area contributed by atoms with Crippen molar-refractivity contribution in [2.45, 2.75) is 51.7 Å². The number of amides is 1. The fourth-order valence-electron chi connectivity index (χ4n) is 3.17. The van der Waals surface area contributed by atoms with E-state index in [2.05, 4.69) is 35.7 Å². The first-order valence-electron chi connectivity index (χ1n) is 9.02. The van der Waals surface area contributed by atoms with Crippen molar-refractivity contribution in [1.82, 2.24) is 4.57 Å². The molecule has 1 fully saturated rings. The van der Waals surface area contributed by atoms with Crippen molar-refractivity contribution in [3.63, 3.8) is 0 Å². The van der Waals surface area contributed by atoms with Crippen molar-refractivity contribution < 1.29 is 14.3 Å². The van der Waals surface area contributed by atoms with Crippen LogP contribution in [0.15, 0.2) is 28.6 Å². The maximum Gasteiger partial charge on any atom is 0.283 e. The van der Waals surface area contributed by atoms with Crippen LogP contribution in [0.3, 0.4) is 0 Å². The van der Waals surface area contributed by atoms with E-state index in [0.717, 1.165) is 25.1 Å². The van der Waals surface area contributed by atoms with E-state index < -0.39 is 0 Å². The first kappa shape index (κ1) is 20.1. The topological polar surface area (TPSA) is 52.8 Å². The molecule has 0 unspecified atom stereocenters. The van der Waals surface area contributed by atoms with E-state index in [1.165, 1.54) is 18.4 Å². The largest absolute Gasteiger partial charge is 0.496 e. The second-order valence-electron chi connectivity index (χ2n) is 7.66. The number of halogens is 1. The lowest BCUT2D eigenvalue weighted by molar-refractivity contribution is 0.0937. The van der Waals surface area contributed by atoms with Crippen LogP contribution in [-0.4, -0.2) is 30.3 Å². The molecular formula is C20H25ClN2O3S. The van der Waals surface area contributed by atoms with Crippen LogP contribution in [0.1, 0.15) is 49.7 Å². The molecule has 1 aromatic heterocycles. The number of rotatable bonds is 4. The summed E-state index contributed by atoms with van der Waals surface area (Å²) in [5.74, 6) is 0.101. The highest BCUT2D eigenvalue weighted by Crippen LogP contribution is 2.26. The molecule has 1 aromatic carbocycles. The first-order valence-corrected chi connectivity index (χ1v) is 10.3. The monoisotopic (exact) mass is 408 g/mol. The molecule has 146 valence electrons. The second-order valence-corrected chi connectivity index (χ2v) is 8.93. The average Bonchev–Trinajstić information content (AvgIpc) is 3.25. The molecule has 1 aliphatic heterocycles. The zero-order valence-corrected chi connectivity index (χ0v) is 17.7. The molecule has 7 heteroatoms. The van der Waals surface area contributed by atoms with Gasteiger partial charge in [0, 0.05) is 28.1 Å². The number of thiazole rings is 1. The van der Waals surface area contributed by atoms with Gasteiger partial charge in [-0.3, -0.25) is 4.79 Å². The lowest BCUT2D eigenvalue weighted by atomic mass is 9.93. The number of benzene rings is 1. The van der Waals surface area contributed by atoms with Gasteiger partial charge in [-0.1, -0.05) is 32.4 Å². The van der Waals surface area contributed by atoms with E-state index in [-0.39, 0.29) is 17.4 Å². The molecule has 2 heterocycles. The molecule has 0 bridgehead atoms. The minimum Gasteiger partial charge on any atom is -0.496 e. The number of methoxy groups -OCH3 is 1. The zero-order chi connectivity index (χ0) is 19.6. The Balaban J connectivity index is 2.03. The van der Waals surface area contributed by atoms with Crippen molar-refractivity contribution in [3.05, 3.63) is 44.7 Å². The highest BCUT2D eigenvalue weighted by molar-refractivity contribution is 7.07. The van der Waals surface area contributed by atoms with E-state index in [4.69, 9.17) is 21.1 Å². The number of hydrogen-bond acceptors (Lipinski definition) is 4. The van der Waals surface area contributed by atoms with Gasteiger partial charge in [0.05, 0.1) is 25.3 Å². The first-order chi connectivity index (χ1) is 12.8. The van der Waals surface area contributed by atoms with E-state index >= 15 is 0 Å². The second kappa shape index (κ2) is 8.17. The molecule has 0 aliphatic carbocycles. The molecule has 0 radical (unpaired) electrons. The van der Waals surface area contributed by atoms with Gasteiger partial charge in [0.25, 0.3) is 5.91 Å². The minimum absolute atomic E-state index is 0.0559. The lowest BCUT2D eigenvalue weighted by Gasteiger charge is -2.22. The number of nitrogens with zero attached hydrogens (tertiary/aromatic N) is 2. The third-order valence-electron chi connectivity index (χ3n) is 4.57. The molecule has 3 rings (SSSR count). The van der Waals surface area contributed by atoms with Crippen molar-refractivity contribution >= 4 is 28.8 Å². The van der Waals surface area contributed by atoms with Gasteiger partial charge >= 0.3 is 0 Å². The number of ether oxygens (including phenoxy) is 2. The molecule has 1 amide bonds. The fraction of sp³-hybridized carbons (Fsp3) is 0.500. The van der Waals surface area contributed by atoms with Crippen molar-refractivity contribution in [3.8, 4) is 5.75 Å². The average molecular weight is 409 g/mol. The molecular weight excluding hydrogens is 384 g/mol. The Morgan fingerprint density at radius 3 is 2.85 bits per heavy atom. The van der Waals surface area contributed by atoms with Crippen LogP contribution in [0.5, 0.6) is 5.75 Å². The smallest absolute Gasteiger partial charge is 0.283 e. The lowest BCUT2D eigenvalue weighted by Crippen LogP contribution is -2.30. The van der Waals surface area contributed by atoms with Crippen molar-refractivity contribution in [2.75, 3.05) is 13.7 Å². The SMILES string of the molecule is COc1ccc(Cl)cc1C(=O)/N=c1\scc(C(C)(C)C)n1C[C@H]1CCCO1. The van der Waals surface area contributed by atoms with Crippen LogP contribution in [0.2, 0.25) is 5.02 Å². The summed E-state index contributed by atoms with van der Waals surface area (Å²) < 4.78 is 13.2. The zero-order valence-electron chi connectivity index (χ0n) is 16.1. The maximum absolute atomic E-state index is 12.9. The summed E-state index contributed by atoms with van der Waals surface area (Å²) in [7, 11) is 1.53. The van der Waals surface area contributed by atoms with Crippen molar-refractivity contribution in [2.24, 2.45) is 4.99 Å². The van der Waals surface area contributed by atoms with Gasteiger partial charge in [-0.25, -0.2) is 0 Å². The van der Waals surface area contributed by atoms with Gasteiger partial charge in [0.15, 0.2) is 4.80 Å². The van der Waals surface area contributed by atoms with Crippen LogP contribution in [0.25, 0.3) is 0 Å². The highest BCUT2D eigenvalue weighted by atomic mass is 35.5. The van der Waals surface area contributed by atoms with Gasteiger partial charge in [0.1, 0.15) is 5.75 Å². The Hall–Kier alpha value is -1.63. The summed E-state index contributed by atoms with van der Waals surface area (Å²) in [5.41, 5.74) is 1.45. The predicted molar refractivity (Wildman–Crippen MR) is 108 cm³/mol. The predicted octanol–water partition coefficient (Wildman–Crippen LogP) is 4.43. The summed E-state index contributed by atoms with van der Waals surface area (Å²) in [4.78, 5) is 17.9. The Morgan fingerprint density at radius 2 is 2.22 bits per heavy atom. The summed E-state index contributed by atoms with van der Waals surface area (Å²) in [6.07, 6.45) is 2.27. The summed E-state index contributed by atoms with van der Waals surface area (Å²) >= 11 is 7.53. The molecule has 1 saturated heterocycles. The number of carbonyl (C=O) groups excluding carboxylic acids is 1.